The molecule has 0 amide bonds. The van der Waals surface area contributed by atoms with E-state index in [1.54, 1.807) is 17.1 Å². The van der Waals surface area contributed by atoms with Crippen molar-refractivity contribution in [1.29, 1.82) is 0 Å². The number of aromatic nitrogens is 2. The molecule has 1 aromatic carbocycles. The maximum Gasteiger partial charge on any atom is 0.311 e. The van der Waals surface area contributed by atoms with Crippen LogP contribution < -0.4 is 0 Å². The Labute approximate surface area is 123 Å². The van der Waals surface area contributed by atoms with Crippen LogP contribution in [0, 0.1) is 0 Å². The Morgan fingerprint density at radius 1 is 1.24 bits per heavy atom. The topological polar surface area (TPSA) is 61.2 Å². The number of Topliss-reactive ketones (excluding diaryl/α,β-unsaturated/α-hetero) is 1. The van der Waals surface area contributed by atoms with E-state index in [1.807, 2.05) is 30.3 Å². The first-order chi connectivity index (χ1) is 10.2. The molecule has 0 aliphatic heterocycles. The summed E-state index contributed by atoms with van der Waals surface area (Å²) in [6, 6.07) is 9.89. The van der Waals surface area contributed by atoms with E-state index >= 15 is 0 Å². The fourth-order valence-corrected chi connectivity index (χ4v) is 2.06. The summed E-state index contributed by atoms with van der Waals surface area (Å²) in [7, 11) is 1.34. The van der Waals surface area contributed by atoms with Crippen molar-refractivity contribution < 1.29 is 14.3 Å². The van der Waals surface area contributed by atoms with Gasteiger partial charge in [0.15, 0.2) is 5.78 Å². The van der Waals surface area contributed by atoms with Crippen molar-refractivity contribution >= 4 is 11.8 Å². The molecule has 0 bridgehead atoms. The van der Waals surface area contributed by atoms with Crippen molar-refractivity contribution in [3.63, 3.8) is 0 Å². The number of rotatable bonds is 7. The number of imidazole rings is 1. The first-order valence-electron chi connectivity index (χ1n) is 6.80. The summed E-state index contributed by atoms with van der Waals surface area (Å²) in [5.74, 6) is -0.226. The molecule has 5 heteroatoms. The second-order valence-electron chi connectivity index (χ2n) is 4.79. The molecule has 0 spiro atoms. The number of ether oxygens (including phenoxy) is 1. The smallest absolute Gasteiger partial charge is 0.311 e. The summed E-state index contributed by atoms with van der Waals surface area (Å²) >= 11 is 0. The average molecular weight is 286 g/mol. The number of carbonyl (C=O) groups excluding carboxylic acids is 2. The van der Waals surface area contributed by atoms with Crippen LogP contribution in [0.4, 0.5) is 0 Å². The van der Waals surface area contributed by atoms with Crippen molar-refractivity contribution in [2.75, 3.05) is 7.11 Å². The average Bonchev–Trinajstić information content (AvgIpc) is 2.93. The fourth-order valence-electron chi connectivity index (χ4n) is 2.06. The predicted octanol–water partition coefficient (Wildman–Crippen LogP) is 1.80. The van der Waals surface area contributed by atoms with Gasteiger partial charge in [0, 0.05) is 18.3 Å². The first-order valence-corrected chi connectivity index (χ1v) is 6.80. The van der Waals surface area contributed by atoms with Crippen LogP contribution in [0.3, 0.4) is 0 Å². The number of benzene rings is 1. The van der Waals surface area contributed by atoms with E-state index in [9.17, 15) is 9.59 Å². The Bertz CT molecular complexity index is 605. The highest BCUT2D eigenvalue weighted by Crippen LogP contribution is 2.06. The highest BCUT2D eigenvalue weighted by molar-refractivity contribution is 5.78. The van der Waals surface area contributed by atoms with Crippen LogP contribution in [-0.4, -0.2) is 28.4 Å². The van der Waals surface area contributed by atoms with E-state index in [2.05, 4.69) is 9.72 Å². The minimum Gasteiger partial charge on any atom is -0.469 e. The number of hydrogen-bond donors (Lipinski definition) is 0. The van der Waals surface area contributed by atoms with E-state index in [1.165, 1.54) is 7.11 Å². The molecule has 1 aromatic heterocycles. The van der Waals surface area contributed by atoms with Gasteiger partial charge in [-0.2, -0.15) is 0 Å². The van der Waals surface area contributed by atoms with Crippen molar-refractivity contribution in [1.82, 2.24) is 9.55 Å². The summed E-state index contributed by atoms with van der Waals surface area (Å²) < 4.78 is 6.32. The Morgan fingerprint density at radius 3 is 2.71 bits per heavy atom. The van der Waals surface area contributed by atoms with Crippen LogP contribution in [0.5, 0.6) is 0 Å². The Kier molecular flexibility index (Phi) is 5.26. The maximum atomic E-state index is 12.0. The zero-order chi connectivity index (χ0) is 15.1. The van der Waals surface area contributed by atoms with Gasteiger partial charge >= 0.3 is 5.97 Å². The minimum atomic E-state index is -0.339. The lowest BCUT2D eigenvalue weighted by molar-refractivity contribution is -0.140. The second kappa shape index (κ2) is 7.38. The number of aryl methyl sites for hydroxylation is 1. The van der Waals surface area contributed by atoms with Gasteiger partial charge in [0.25, 0.3) is 0 Å². The SMILES string of the molecule is COC(=O)Cc1cncn1CC(=O)CCc1ccccc1. The van der Waals surface area contributed by atoms with Crippen molar-refractivity contribution in [3.05, 3.63) is 54.1 Å². The molecule has 5 nitrogen and oxygen atoms in total. The predicted molar refractivity (Wildman–Crippen MR) is 77.7 cm³/mol. The Hall–Kier alpha value is -2.43. The number of ketones is 1. The molecule has 0 saturated heterocycles. The molecule has 0 unspecified atom stereocenters. The zero-order valence-corrected chi connectivity index (χ0v) is 12.0. The summed E-state index contributed by atoms with van der Waals surface area (Å²) in [5, 5.41) is 0. The molecule has 21 heavy (non-hydrogen) atoms. The lowest BCUT2D eigenvalue weighted by Crippen LogP contribution is -2.15. The van der Waals surface area contributed by atoms with E-state index < -0.39 is 0 Å². The van der Waals surface area contributed by atoms with Crippen LogP contribution >= 0.6 is 0 Å². The van der Waals surface area contributed by atoms with E-state index in [0.717, 1.165) is 12.0 Å². The minimum absolute atomic E-state index is 0.114. The largest absolute Gasteiger partial charge is 0.469 e. The van der Waals surface area contributed by atoms with Crippen LogP contribution in [0.25, 0.3) is 0 Å². The van der Waals surface area contributed by atoms with Gasteiger partial charge in [-0.25, -0.2) is 4.98 Å². The standard InChI is InChI=1S/C16H18N2O3/c1-21-16(20)9-14-10-17-12-18(14)11-15(19)8-7-13-5-3-2-4-6-13/h2-6,10,12H,7-9,11H2,1H3. The quantitative estimate of drug-likeness (QED) is 0.728. The van der Waals surface area contributed by atoms with Gasteiger partial charge < -0.3 is 9.30 Å². The third-order valence-corrected chi connectivity index (χ3v) is 3.23. The van der Waals surface area contributed by atoms with Gasteiger partial charge in [-0.15, -0.1) is 0 Å². The van der Waals surface area contributed by atoms with E-state index in [4.69, 9.17) is 0 Å². The van der Waals surface area contributed by atoms with Crippen LogP contribution in [0.15, 0.2) is 42.9 Å². The van der Waals surface area contributed by atoms with Gasteiger partial charge in [0.1, 0.15) is 0 Å². The van der Waals surface area contributed by atoms with Gasteiger partial charge in [-0.3, -0.25) is 9.59 Å². The summed E-state index contributed by atoms with van der Waals surface area (Å²) in [6.45, 7) is 0.235. The molecule has 0 aliphatic rings. The van der Waals surface area contributed by atoms with Gasteiger partial charge in [-0.1, -0.05) is 30.3 Å². The molecule has 0 saturated carbocycles. The zero-order valence-electron chi connectivity index (χ0n) is 12.0. The third-order valence-electron chi connectivity index (χ3n) is 3.23. The lowest BCUT2D eigenvalue weighted by atomic mass is 10.1. The van der Waals surface area contributed by atoms with Crippen molar-refractivity contribution in [2.24, 2.45) is 0 Å². The third kappa shape index (κ3) is 4.56. The molecule has 110 valence electrons. The molecule has 0 radical (unpaired) electrons. The number of methoxy groups -OCH3 is 1. The first kappa shape index (κ1) is 15.0. The number of esters is 1. The molecular weight excluding hydrogens is 268 g/mol. The van der Waals surface area contributed by atoms with Crippen molar-refractivity contribution in [3.8, 4) is 0 Å². The highest BCUT2D eigenvalue weighted by atomic mass is 16.5. The molecule has 2 aromatic rings. The van der Waals surface area contributed by atoms with Gasteiger partial charge in [0.2, 0.25) is 0 Å². The molecule has 0 fully saturated rings. The van der Waals surface area contributed by atoms with Crippen LogP contribution in [-0.2, 0) is 33.7 Å². The summed E-state index contributed by atoms with van der Waals surface area (Å²) in [6.07, 6.45) is 4.48. The highest BCUT2D eigenvalue weighted by Gasteiger charge is 2.11. The Morgan fingerprint density at radius 2 is 2.00 bits per heavy atom. The van der Waals surface area contributed by atoms with Crippen molar-refractivity contribution in [2.45, 2.75) is 25.8 Å². The molecule has 1 heterocycles. The lowest BCUT2D eigenvalue weighted by Gasteiger charge is -2.07. The van der Waals surface area contributed by atoms with E-state index in [-0.39, 0.29) is 24.7 Å². The normalized spacial score (nSPS) is 10.3. The van der Waals surface area contributed by atoms with Crippen LogP contribution in [0.1, 0.15) is 17.7 Å². The van der Waals surface area contributed by atoms with Crippen LogP contribution in [0.2, 0.25) is 0 Å². The molecule has 0 aliphatic carbocycles. The molecule has 0 N–H and O–H groups in total. The maximum absolute atomic E-state index is 12.0. The summed E-state index contributed by atoms with van der Waals surface area (Å²) in [5.41, 5.74) is 1.83. The second-order valence-corrected chi connectivity index (χ2v) is 4.79. The van der Waals surface area contributed by atoms with Gasteiger partial charge in [-0.05, 0) is 12.0 Å². The number of nitrogens with zero attached hydrogens (tertiary/aromatic N) is 2. The molecule has 0 atom stereocenters. The number of carbonyl (C=O) groups is 2. The Balaban J connectivity index is 1.88. The molecule has 2 rings (SSSR count). The number of hydrogen-bond acceptors (Lipinski definition) is 4. The van der Waals surface area contributed by atoms with E-state index in [0.29, 0.717) is 12.1 Å². The summed E-state index contributed by atoms with van der Waals surface area (Å²) in [4.78, 5) is 27.3. The monoisotopic (exact) mass is 286 g/mol. The van der Waals surface area contributed by atoms with Gasteiger partial charge in [0.05, 0.1) is 26.4 Å². The fraction of sp³-hybridized carbons (Fsp3) is 0.312. The molecular formula is C16H18N2O3.